The van der Waals surface area contributed by atoms with Gasteiger partial charge in [0.2, 0.25) is 0 Å². The summed E-state index contributed by atoms with van der Waals surface area (Å²) in [6.45, 7) is 1.71. The molecule has 2 heterocycles. The fraction of sp³-hybridized carbons (Fsp3) is 0.538. The average Bonchev–Trinajstić information content (AvgIpc) is 2.48. The Bertz CT molecular complexity index is 497. The molecule has 0 atom stereocenters. The van der Waals surface area contributed by atoms with Gasteiger partial charge in [-0.15, -0.1) is 0 Å². The molecule has 114 valence electrons. The molecule has 0 aliphatic carbocycles. The van der Waals surface area contributed by atoms with Crippen LogP contribution in [0.4, 0.5) is 11.5 Å². The Hall–Kier alpha value is -2.22. The molecule has 0 amide bonds. The van der Waals surface area contributed by atoms with E-state index in [1.807, 2.05) is 4.90 Å². The quantitative estimate of drug-likeness (QED) is 0.625. The maximum atomic E-state index is 10.6. The third-order valence-electron chi connectivity index (χ3n) is 3.38. The van der Waals surface area contributed by atoms with Crippen LogP contribution in [-0.2, 0) is 9.53 Å². The van der Waals surface area contributed by atoms with Gasteiger partial charge >= 0.3 is 5.97 Å². The molecule has 1 aromatic heterocycles. The number of carboxylic acid groups (broad SMARTS) is 1. The van der Waals surface area contributed by atoms with E-state index in [1.165, 1.54) is 12.3 Å². The van der Waals surface area contributed by atoms with Crippen molar-refractivity contribution in [3.8, 4) is 0 Å². The number of carbonyl (C=O) groups is 1. The predicted molar refractivity (Wildman–Crippen MR) is 74.3 cm³/mol. The van der Waals surface area contributed by atoms with Crippen LogP contribution in [0.5, 0.6) is 0 Å². The van der Waals surface area contributed by atoms with Crippen LogP contribution in [-0.4, -0.2) is 46.8 Å². The largest absolute Gasteiger partial charge is 0.481 e. The van der Waals surface area contributed by atoms with Crippen molar-refractivity contribution in [1.82, 2.24) is 4.98 Å². The van der Waals surface area contributed by atoms with Crippen LogP contribution in [0.25, 0.3) is 0 Å². The number of anilines is 1. The van der Waals surface area contributed by atoms with Crippen molar-refractivity contribution in [2.24, 2.45) is 0 Å². The van der Waals surface area contributed by atoms with Crippen LogP contribution in [0, 0.1) is 10.1 Å². The zero-order chi connectivity index (χ0) is 15.2. The molecular weight excluding hydrogens is 278 g/mol. The highest BCUT2D eigenvalue weighted by Crippen LogP contribution is 2.21. The van der Waals surface area contributed by atoms with E-state index in [9.17, 15) is 14.9 Å². The monoisotopic (exact) mass is 295 g/mol. The molecule has 1 fully saturated rings. The summed E-state index contributed by atoms with van der Waals surface area (Å²) in [5, 5.41) is 19.1. The number of nitro groups is 1. The minimum atomic E-state index is -0.859. The van der Waals surface area contributed by atoms with E-state index >= 15 is 0 Å². The van der Waals surface area contributed by atoms with E-state index in [1.54, 1.807) is 6.07 Å². The molecular formula is C13H17N3O5. The number of pyridine rings is 1. The van der Waals surface area contributed by atoms with Crippen molar-refractivity contribution < 1.29 is 19.6 Å². The Labute approximate surface area is 121 Å². The SMILES string of the molecule is O=C(O)CCOC1CCN(c2ccc([N+](=O)[O-])cn2)CC1. The highest BCUT2D eigenvalue weighted by Gasteiger charge is 2.21. The number of ether oxygens (including phenoxy) is 1. The minimum absolute atomic E-state index is 0.0180. The fourth-order valence-electron chi connectivity index (χ4n) is 2.24. The van der Waals surface area contributed by atoms with Gasteiger partial charge in [-0.3, -0.25) is 14.9 Å². The molecule has 0 unspecified atom stereocenters. The zero-order valence-corrected chi connectivity index (χ0v) is 11.5. The second kappa shape index (κ2) is 6.98. The predicted octanol–water partition coefficient (Wildman–Crippen LogP) is 1.45. The number of carboxylic acids is 1. The lowest BCUT2D eigenvalue weighted by molar-refractivity contribution is -0.385. The molecule has 2 rings (SSSR count). The molecule has 0 saturated carbocycles. The lowest BCUT2D eigenvalue weighted by Gasteiger charge is -2.32. The smallest absolute Gasteiger partial charge is 0.305 e. The summed E-state index contributed by atoms with van der Waals surface area (Å²) in [7, 11) is 0. The summed E-state index contributed by atoms with van der Waals surface area (Å²) in [6.07, 6.45) is 2.92. The van der Waals surface area contributed by atoms with Gasteiger partial charge in [-0.25, -0.2) is 4.98 Å². The van der Waals surface area contributed by atoms with Crippen LogP contribution >= 0.6 is 0 Å². The summed E-state index contributed by atoms with van der Waals surface area (Å²) < 4.78 is 5.51. The zero-order valence-electron chi connectivity index (χ0n) is 11.5. The fourth-order valence-corrected chi connectivity index (χ4v) is 2.24. The van der Waals surface area contributed by atoms with Gasteiger partial charge < -0.3 is 14.7 Å². The number of hydrogen-bond donors (Lipinski definition) is 1. The maximum absolute atomic E-state index is 10.6. The molecule has 21 heavy (non-hydrogen) atoms. The van der Waals surface area contributed by atoms with Crippen LogP contribution in [0.3, 0.4) is 0 Å². The van der Waals surface area contributed by atoms with Gasteiger partial charge in [0.05, 0.1) is 24.1 Å². The Morgan fingerprint density at radius 3 is 2.71 bits per heavy atom. The first-order chi connectivity index (χ1) is 10.1. The molecule has 8 heteroatoms. The van der Waals surface area contributed by atoms with Crippen LogP contribution in [0.1, 0.15) is 19.3 Å². The number of aromatic nitrogens is 1. The highest BCUT2D eigenvalue weighted by molar-refractivity contribution is 5.66. The summed E-state index contributed by atoms with van der Waals surface area (Å²) in [5.41, 5.74) is -0.0226. The highest BCUT2D eigenvalue weighted by atomic mass is 16.6. The Morgan fingerprint density at radius 1 is 1.48 bits per heavy atom. The molecule has 0 radical (unpaired) electrons. The second-order valence-electron chi connectivity index (χ2n) is 4.83. The normalized spacial score (nSPS) is 15.9. The van der Waals surface area contributed by atoms with Gasteiger partial charge in [-0.05, 0) is 18.9 Å². The molecule has 8 nitrogen and oxygen atoms in total. The van der Waals surface area contributed by atoms with Gasteiger partial charge in [0.25, 0.3) is 5.69 Å². The molecule has 0 bridgehead atoms. The van der Waals surface area contributed by atoms with Gasteiger partial charge in [0.15, 0.2) is 0 Å². The van der Waals surface area contributed by atoms with E-state index < -0.39 is 10.9 Å². The number of piperidine rings is 1. The van der Waals surface area contributed by atoms with Gasteiger partial charge in [0, 0.05) is 19.2 Å². The summed E-state index contributed by atoms with van der Waals surface area (Å²) in [4.78, 5) is 26.7. The molecule has 1 N–H and O–H groups in total. The molecule has 1 aliphatic rings. The lowest BCUT2D eigenvalue weighted by Crippen LogP contribution is -2.37. The Balaban J connectivity index is 1.80. The van der Waals surface area contributed by atoms with E-state index in [0.717, 1.165) is 25.9 Å². The Morgan fingerprint density at radius 2 is 2.19 bits per heavy atom. The topological polar surface area (TPSA) is 106 Å². The van der Waals surface area contributed by atoms with E-state index in [4.69, 9.17) is 9.84 Å². The van der Waals surface area contributed by atoms with Crippen molar-refractivity contribution in [1.29, 1.82) is 0 Å². The number of nitrogens with zero attached hydrogens (tertiary/aromatic N) is 3. The lowest BCUT2D eigenvalue weighted by atomic mass is 10.1. The molecule has 0 aromatic carbocycles. The second-order valence-corrected chi connectivity index (χ2v) is 4.83. The Kier molecular flexibility index (Phi) is 5.04. The molecule has 0 spiro atoms. The summed E-state index contributed by atoms with van der Waals surface area (Å²) >= 11 is 0. The van der Waals surface area contributed by atoms with Crippen LogP contribution in [0.15, 0.2) is 18.3 Å². The third kappa shape index (κ3) is 4.38. The first-order valence-corrected chi connectivity index (χ1v) is 6.75. The average molecular weight is 295 g/mol. The van der Waals surface area contributed by atoms with Crippen molar-refractivity contribution >= 4 is 17.5 Å². The van der Waals surface area contributed by atoms with Gasteiger partial charge in [-0.1, -0.05) is 0 Å². The first kappa shape index (κ1) is 15.2. The van der Waals surface area contributed by atoms with E-state index in [-0.39, 0.29) is 24.8 Å². The summed E-state index contributed by atoms with van der Waals surface area (Å²) in [6, 6.07) is 3.08. The summed E-state index contributed by atoms with van der Waals surface area (Å²) in [5.74, 6) is -0.146. The van der Waals surface area contributed by atoms with Crippen molar-refractivity contribution in [2.45, 2.75) is 25.4 Å². The van der Waals surface area contributed by atoms with Crippen molar-refractivity contribution in [2.75, 3.05) is 24.6 Å². The van der Waals surface area contributed by atoms with Gasteiger partial charge in [0.1, 0.15) is 12.0 Å². The first-order valence-electron chi connectivity index (χ1n) is 6.75. The van der Waals surface area contributed by atoms with Crippen molar-refractivity contribution in [3.63, 3.8) is 0 Å². The molecule has 1 aliphatic heterocycles. The molecule has 1 saturated heterocycles. The molecule has 1 aromatic rings. The minimum Gasteiger partial charge on any atom is -0.481 e. The maximum Gasteiger partial charge on any atom is 0.305 e. The van der Waals surface area contributed by atoms with Crippen molar-refractivity contribution in [3.05, 3.63) is 28.4 Å². The van der Waals surface area contributed by atoms with E-state index in [2.05, 4.69) is 4.98 Å². The number of aliphatic carboxylic acids is 1. The number of hydrogen-bond acceptors (Lipinski definition) is 6. The van der Waals surface area contributed by atoms with E-state index in [0.29, 0.717) is 5.82 Å². The van der Waals surface area contributed by atoms with Gasteiger partial charge in [-0.2, -0.15) is 0 Å². The van der Waals surface area contributed by atoms with Crippen LogP contribution < -0.4 is 4.90 Å². The van der Waals surface area contributed by atoms with Crippen LogP contribution in [0.2, 0.25) is 0 Å². The third-order valence-corrected chi connectivity index (χ3v) is 3.38. The standard InChI is InChI=1S/C13H17N3O5/c17-13(18)5-8-21-11-3-6-15(7-4-11)12-2-1-10(9-14-12)16(19)20/h1-2,9,11H,3-8H2,(H,17,18). The number of rotatable bonds is 6.